The van der Waals surface area contributed by atoms with Crippen LogP contribution in [-0.2, 0) is 4.79 Å². The molecular weight excluding hydrogens is 224 g/mol. The molecule has 5 heteroatoms. The van der Waals surface area contributed by atoms with E-state index in [1.165, 1.54) is 13.2 Å². The van der Waals surface area contributed by atoms with Crippen molar-refractivity contribution in [3.63, 3.8) is 0 Å². The first-order valence-electron chi connectivity index (χ1n) is 4.98. The first-order valence-corrected chi connectivity index (χ1v) is 4.98. The topological polar surface area (TPSA) is 83.8 Å². The van der Waals surface area contributed by atoms with Crippen LogP contribution in [0.15, 0.2) is 18.2 Å². The van der Waals surface area contributed by atoms with Gasteiger partial charge < -0.3 is 14.9 Å². The Morgan fingerprint density at radius 1 is 1.41 bits per heavy atom. The van der Waals surface area contributed by atoms with Gasteiger partial charge in [0, 0.05) is 0 Å². The number of rotatable bonds is 3. The molecule has 0 aromatic heterocycles. The summed E-state index contributed by atoms with van der Waals surface area (Å²) in [4.78, 5) is 20.0. The number of phenolic OH excluding ortho intramolecular Hbond substituents is 1. The van der Waals surface area contributed by atoms with Gasteiger partial charge in [-0.1, -0.05) is 19.9 Å². The summed E-state index contributed by atoms with van der Waals surface area (Å²) in [6, 6.07) is 4.75. The number of carbonyl (C=O) groups excluding carboxylic acids is 1. The van der Waals surface area contributed by atoms with E-state index in [-0.39, 0.29) is 17.2 Å². The molecular formula is C12H16O5. The lowest BCUT2D eigenvalue weighted by Gasteiger charge is -2.02. The number of aromatic hydroxyl groups is 1. The molecule has 1 aromatic rings. The van der Waals surface area contributed by atoms with Gasteiger partial charge in [0.15, 0.2) is 17.8 Å². The van der Waals surface area contributed by atoms with Gasteiger partial charge in [0.05, 0.1) is 18.6 Å². The van der Waals surface area contributed by atoms with Crippen LogP contribution in [0.25, 0.3) is 0 Å². The van der Waals surface area contributed by atoms with Crippen LogP contribution >= 0.6 is 0 Å². The van der Waals surface area contributed by atoms with Crippen LogP contribution in [0.4, 0.5) is 0 Å². The van der Waals surface area contributed by atoms with Crippen molar-refractivity contribution in [3.05, 3.63) is 23.8 Å². The number of phenols is 1. The van der Waals surface area contributed by atoms with Crippen molar-refractivity contribution < 1.29 is 24.5 Å². The minimum absolute atomic E-state index is 0.106. The van der Waals surface area contributed by atoms with Gasteiger partial charge in [-0.2, -0.15) is 0 Å². The SMILES string of the molecule is CC(C)C(=O)O.COc1cccc(C=O)c1O. The Hall–Kier alpha value is -2.04. The zero-order valence-corrected chi connectivity index (χ0v) is 10.0. The Labute approximate surface area is 99.7 Å². The molecule has 0 aliphatic rings. The number of aldehydes is 1. The Kier molecular flexibility index (Phi) is 6.40. The lowest BCUT2D eigenvalue weighted by atomic mass is 10.2. The molecule has 2 N–H and O–H groups in total. The van der Waals surface area contributed by atoms with Gasteiger partial charge in [0.25, 0.3) is 0 Å². The molecule has 94 valence electrons. The summed E-state index contributed by atoms with van der Waals surface area (Å²) in [5.41, 5.74) is 0.240. The molecule has 17 heavy (non-hydrogen) atoms. The predicted octanol–water partition coefficient (Wildman–Crippen LogP) is 1.94. The molecule has 0 bridgehead atoms. The minimum atomic E-state index is -0.741. The van der Waals surface area contributed by atoms with Crippen molar-refractivity contribution in [1.29, 1.82) is 0 Å². The number of methoxy groups -OCH3 is 1. The lowest BCUT2D eigenvalue weighted by Crippen LogP contribution is -2.03. The Balaban J connectivity index is 0.000000366. The van der Waals surface area contributed by atoms with E-state index >= 15 is 0 Å². The van der Waals surface area contributed by atoms with Gasteiger partial charge in [-0.3, -0.25) is 9.59 Å². The molecule has 0 aliphatic carbocycles. The fourth-order valence-corrected chi connectivity index (χ4v) is 0.799. The number of hydrogen-bond acceptors (Lipinski definition) is 4. The molecule has 1 rings (SSSR count). The van der Waals surface area contributed by atoms with Gasteiger partial charge in [-0.25, -0.2) is 0 Å². The summed E-state index contributed by atoms with van der Waals surface area (Å²) in [5, 5.41) is 17.2. The van der Waals surface area contributed by atoms with Crippen LogP contribution < -0.4 is 4.74 Å². The molecule has 0 spiro atoms. The van der Waals surface area contributed by atoms with Crippen molar-refractivity contribution in [2.45, 2.75) is 13.8 Å². The number of para-hydroxylation sites is 1. The molecule has 5 nitrogen and oxygen atoms in total. The fourth-order valence-electron chi connectivity index (χ4n) is 0.799. The maximum atomic E-state index is 10.3. The Bertz CT molecular complexity index is 384. The normalized spacial score (nSPS) is 9.18. The van der Waals surface area contributed by atoms with Crippen LogP contribution in [-0.4, -0.2) is 29.6 Å². The molecule has 0 radical (unpaired) electrons. The van der Waals surface area contributed by atoms with Crippen molar-refractivity contribution in [2.24, 2.45) is 5.92 Å². The highest BCUT2D eigenvalue weighted by atomic mass is 16.5. The predicted molar refractivity (Wildman–Crippen MR) is 62.5 cm³/mol. The van der Waals surface area contributed by atoms with E-state index in [2.05, 4.69) is 0 Å². The van der Waals surface area contributed by atoms with E-state index in [1.54, 1.807) is 26.0 Å². The quantitative estimate of drug-likeness (QED) is 0.789. The Morgan fingerprint density at radius 2 is 1.94 bits per heavy atom. The largest absolute Gasteiger partial charge is 0.504 e. The zero-order chi connectivity index (χ0) is 13.4. The average molecular weight is 240 g/mol. The number of ether oxygens (including phenoxy) is 1. The van der Waals surface area contributed by atoms with Crippen LogP contribution in [0.2, 0.25) is 0 Å². The van der Waals surface area contributed by atoms with Crippen LogP contribution in [0.5, 0.6) is 11.5 Å². The second-order valence-electron chi connectivity index (χ2n) is 3.51. The lowest BCUT2D eigenvalue weighted by molar-refractivity contribution is -0.140. The molecule has 0 atom stereocenters. The molecule has 1 aromatic carbocycles. The third-order valence-corrected chi connectivity index (χ3v) is 1.87. The average Bonchev–Trinajstić information content (AvgIpc) is 2.30. The smallest absolute Gasteiger partial charge is 0.305 e. The van der Waals surface area contributed by atoms with E-state index in [4.69, 9.17) is 9.84 Å². The summed E-state index contributed by atoms with van der Waals surface area (Å²) < 4.78 is 4.78. The third kappa shape index (κ3) is 5.01. The monoisotopic (exact) mass is 240 g/mol. The Morgan fingerprint density at radius 3 is 2.29 bits per heavy atom. The number of hydrogen-bond donors (Lipinski definition) is 2. The van der Waals surface area contributed by atoms with Gasteiger partial charge in [-0.05, 0) is 12.1 Å². The molecule has 0 unspecified atom stereocenters. The van der Waals surface area contributed by atoms with Gasteiger partial charge >= 0.3 is 5.97 Å². The first-order chi connectivity index (χ1) is 7.93. The van der Waals surface area contributed by atoms with Crippen molar-refractivity contribution >= 4 is 12.3 Å². The fraction of sp³-hybridized carbons (Fsp3) is 0.333. The first kappa shape index (κ1) is 15.0. The maximum Gasteiger partial charge on any atom is 0.305 e. The summed E-state index contributed by atoms with van der Waals surface area (Å²) >= 11 is 0. The standard InChI is InChI=1S/C8H8O3.C4H8O2/c1-11-7-4-2-3-6(5-9)8(7)10;1-3(2)4(5)6/h2-5,10H,1H3;3H,1-2H3,(H,5,6). The number of carboxylic acid groups (broad SMARTS) is 1. The minimum Gasteiger partial charge on any atom is -0.504 e. The second kappa shape index (κ2) is 7.27. The summed E-state index contributed by atoms with van der Waals surface area (Å²) in [5.74, 6) is -0.764. The van der Waals surface area contributed by atoms with Crippen molar-refractivity contribution in [1.82, 2.24) is 0 Å². The summed E-state index contributed by atoms with van der Waals surface area (Å²) in [6.45, 7) is 3.28. The van der Waals surface area contributed by atoms with Gasteiger partial charge in [0.2, 0.25) is 0 Å². The van der Waals surface area contributed by atoms with Gasteiger partial charge in [0.1, 0.15) is 0 Å². The zero-order valence-electron chi connectivity index (χ0n) is 10.0. The second-order valence-corrected chi connectivity index (χ2v) is 3.51. The van der Waals surface area contributed by atoms with E-state index < -0.39 is 5.97 Å². The number of carbonyl (C=O) groups is 2. The molecule has 0 aliphatic heterocycles. The van der Waals surface area contributed by atoms with Crippen molar-refractivity contribution in [2.75, 3.05) is 7.11 Å². The van der Waals surface area contributed by atoms with Crippen LogP contribution in [0.3, 0.4) is 0 Å². The summed E-state index contributed by atoms with van der Waals surface area (Å²) in [7, 11) is 1.43. The molecule has 0 saturated heterocycles. The molecule has 0 fully saturated rings. The molecule has 0 saturated carbocycles. The number of carboxylic acids is 1. The van der Waals surface area contributed by atoms with Crippen LogP contribution in [0.1, 0.15) is 24.2 Å². The van der Waals surface area contributed by atoms with E-state index in [0.717, 1.165) is 0 Å². The third-order valence-electron chi connectivity index (χ3n) is 1.87. The van der Waals surface area contributed by atoms with E-state index in [1.807, 2.05) is 0 Å². The number of aliphatic carboxylic acids is 1. The van der Waals surface area contributed by atoms with E-state index in [9.17, 15) is 14.7 Å². The maximum absolute atomic E-state index is 10.3. The van der Waals surface area contributed by atoms with Crippen molar-refractivity contribution in [3.8, 4) is 11.5 Å². The highest BCUT2D eigenvalue weighted by Crippen LogP contribution is 2.27. The van der Waals surface area contributed by atoms with Gasteiger partial charge in [-0.15, -0.1) is 0 Å². The van der Waals surface area contributed by atoms with Crippen LogP contribution in [0, 0.1) is 5.92 Å². The highest BCUT2D eigenvalue weighted by Gasteiger charge is 2.04. The van der Waals surface area contributed by atoms with E-state index in [0.29, 0.717) is 12.0 Å². The summed E-state index contributed by atoms with van der Waals surface area (Å²) in [6.07, 6.45) is 0.581. The number of benzene rings is 1. The highest BCUT2D eigenvalue weighted by molar-refractivity contribution is 5.80. The molecule has 0 amide bonds. The molecule has 0 heterocycles.